The normalized spacial score (nSPS) is 14.9. The molecule has 9 heteroatoms. The Bertz CT molecular complexity index is 1710. The summed E-state index contributed by atoms with van der Waals surface area (Å²) in [5.41, 5.74) is 10.4. The molecule has 2 N–H and O–H groups in total. The zero-order valence-electron chi connectivity index (χ0n) is 20.5. The van der Waals surface area contributed by atoms with Crippen LogP contribution in [0.2, 0.25) is 0 Å². The van der Waals surface area contributed by atoms with E-state index >= 15 is 0 Å². The van der Waals surface area contributed by atoms with E-state index in [1.54, 1.807) is 9.25 Å². The molecule has 6 rings (SSSR count). The molecule has 5 aromatic rings. The predicted molar refractivity (Wildman–Crippen MR) is 144 cm³/mol. The van der Waals surface area contributed by atoms with Crippen molar-refractivity contribution in [2.45, 2.75) is 46.1 Å². The molecule has 1 aliphatic rings. The van der Waals surface area contributed by atoms with Gasteiger partial charge in [-0.15, -0.1) is 11.3 Å². The summed E-state index contributed by atoms with van der Waals surface area (Å²) in [6, 6.07) is 7.85. The zero-order valence-corrected chi connectivity index (χ0v) is 21.3. The lowest BCUT2D eigenvalue weighted by molar-refractivity contribution is 0.635. The maximum absolute atomic E-state index is 13.8. The number of fused-ring (bicyclic) bond motifs is 2. The minimum Gasteiger partial charge on any atom is -0.383 e. The summed E-state index contributed by atoms with van der Waals surface area (Å²) in [7, 11) is 0. The highest BCUT2D eigenvalue weighted by molar-refractivity contribution is 7.16. The number of benzene rings is 1. The number of nitrogens with two attached hydrogens (primary N) is 1. The number of hydrogen-bond donors (Lipinski definition) is 1. The van der Waals surface area contributed by atoms with Gasteiger partial charge in [-0.3, -0.25) is 9.36 Å². The Morgan fingerprint density at radius 2 is 1.97 bits per heavy atom. The molecular weight excluding hydrogens is 470 g/mol. The van der Waals surface area contributed by atoms with Crippen LogP contribution in [0.5, 0.6) is 0 Å². The van der Waals surface area contributed by atoms with Gasteiger partial charge in [-0.25, -0.2) is 19.6 Å². The van der Waals surface area contributed by atoms with Gasteiger partial charge in [-0.1, -0.05) is 37.3 Å². The van der Waals surface area contributed by atoms with Gasteiger partial charge in [0.1, 0.15) is 29.3 Å². The van der Waals surface area contributed by atoms with Crippen molar-refractivity contribution in [2.24, 2.45) is 5.92 Å². The standard InChI is InChI=1S/C27H27N7OS/c1-15-6-4-5-7-19(15)34-20(31-26-21(27(34)35)17(3)13-36-26)12-33-25-22(24(28)29-14-30-25)23(32-33)16(2)8-9-18-10-11-18/h4-9,13-14,16,18H,10-12H2,1-3H3,(H2,28,29,30)/b9-8+. The SMILES string of the molecule is Cc1ccccc1-n1c(Cn2nc(C(C)/C=C/C3CC3)c3c(N)ncnc32)nc2scc(C)c2c1=O. The van der Waals surface area contributed by atoms with Gasteiger partial charge < -0.3 is 5.73 Å². The van der Waals surface area contributed by atoms with E-state index in [1.165, 1.54) is 30.5 Å². The van der Waals surface area contributed by atoms with Gasteiger partial charge in [0.15, 0.2) is 5.65 Å². The van der Waals surface area contributed by atoms with Gasteiger partial charge in [0, 0.05) is 5.92 Å². The highest BCUT2D eigenvalue weighted by atomic mass is 32.1. The third kappa shape index (κ3) is 3.80. The summed E-state index contributed by atoms with van der Waals surface area (Å²) in [6.45, 7) is 6.33. The first-order valence-corrected chi connectivity index (χ1v) is 13.0. The maximum atomic E-state index is 13.8. The molecule has 1 unspecified atom stereocenters. The molecule has 0 spiro atoms. The van der Waals surface area contributed by atoms with Crippen molar-refractivity contribution in [3.63, 3.8) is 0 Å². The molecule has 1 aliphatic carbocycles. The molecule has 1 aromatic carbocycles. The number of allylic oxidation sites excluding steroid dienone is 2. The number of thiophene rings is 1. The molecule has 0 bridgehead atoms. The van der Waals surface area contributed by atoms with Crippen molar-refractivity contribution in [2.75, 3.05) is 5.73 Å². The Kier molecular flexibility index (Phi) is 5.44. The van der Waals surface area contributed by atoms with Crippen LogP contribution in [0.15, 0.2) is 52.9 Å². The second kappa shape index (κ2) is 8.67. The lowest BCUT2D eigenvalue weighted by Crippen LogP contribution is -2.26. The molecule has 1 fully saturated rings. The van der Waals surface area contributed by atoms with Crippen LogP contribution >= 0.6 is 11.3 Å². The highest BCUT2D eigenvalue weighted by Crippen LogP contribution is 2.33. The van der Waals surface area contributed by atoms with Crippen LogP contribution in [0.4, 0.5) is 5.82 Å². The Hall–Kier alpha value is -3.85. The third-order valence-electron chi connectivity index (χ3n) is 6.82. The predicted octanol–water partition coefficient (Wildman–Crippen LogP) is 4.90. The van der Waals surface area contributed by atoms with Crippen LogP contribution in [0.3, 0.4) is 0 Å². The second-order valence-electron chi connectivity index (χ2n) is 9.57. The van der Waals surface area contributed by atoms with E-state index in [4.69, 9.17) is 15.8 Å². The fourth-order valence-electron chi connectivity index (χ4n) is 4.66. The number of nitrogen functional groups attached to an aromatic ring is 1. The van der Waals surface area contributed by atoms with Gasteiger partial charge >= 0.3 is 0 Å². The molecule has 1 saturated carbocycles. The van der Waals surface area contributed by atoms with Crippen molar-refractivity contribution in [1.29, 1.82) is 0 Å². The van der Waals surface area contributed by atoms with Crippen LogP contribution < -0.4 is 11.3 Å². The summed E-state index contributed by atoms with van der Waals surface area (Å²) in [4.78, 5) is 28.2. The molecular formula is C27H27N7OS. The van der Waals surface area contributed by atoms with Crippen LogP contribution in [-0.2, 0) is 6.54 Å². The summed E-state index contributed by atoms with van der Waals surface area (Å²) in [5.74, 6) is 1.72. The van der Waals surface area contributed by atoms with E-state index in [0.717, 1.165) is 32.7 Å². The van der Waals surface area contributed by atoms with Crippen molar-refractivity contribution >= 4 is 38.4 Å². The Labute approximate surface area is 212 Å². The summed E-state index contributed by atoms with van der Waals surface area (Å²) in [6.07, 6.45) is 8.41. The van der Waals surface area contributed by atoms with Crippen LogP contribution in [0.1, 0.15) is 48.3 Å². The fourth-order valence-corrected chi connectivity index (χ4v) is 5.59. The average molecular weight is 498 g/mol. The number of aryl methyl sites for hydroxylation is 2. The van der Waals surface area contributed by atoms with Gasteiger partial charge in [0.2, 0.25) is 0 Å². The minimum atomic E-state index is -0.0744. The van der Waals surface area contributed by atoms with E-state index < -0.39 is 0 Å². The maximum Gasteiger partial charge on any atom is 0.267 e. The van der Waals surface area contributed by atoms with Gasteiger partial charge in [-0.2, -0.15) is 5.10 Å². The van der Waals surface area contributed by atoms with E-state index in [-0.39, 0.29) is 18.0 Å². The number of nitrogens with zero attached hydrogens (tertiary/aromatic N) is 6. The van der Waals surface area contributed by atoms with E-state index in [9.17, 15) is 4.79 Å². The minimum absolute atomic E-state index is 0.0524. The molecule has 4 aromatic heterocycles. The molecule has 182 valence electrons. The second-order valence-corrected chi connectivity index (χ2v) is 10.4. The van der Waals surface area contributed by atoms with E-state index in [2.05, 4.69) is 29.0 Å². The van der Waals surface area contributed by atoms with Crippen LogP contribution in [0.25, 0.3) is 26.9 Å². The van der Waals surface area contributed by atoms with E-state index in [0.29, 0.717) is 28.6 Å². The van der Waals surface area contributed by atoms with Crippen molar-refractivity contribution in [3.05, 3.63) is 81.1 Å². The lowest BCUT2D eigenvalue weighted by atomic mass is 10.0. The summed E-state index contributed by atoms with van der Waals surface area (Å²) >= 11 is 1.48. The highest BCUT2D eigenvalue weighted by Gasteiger charge is 2.23. The van der Waals surface area contributed by atoms with Gasteiger partial charge in [0.05, 0.1) is 22.2 Å². The first-order chi connectivity index (χ1) is 17.4. The molecule has 36 heavy (non-hydrogen) atoms. The van der Waals surface area contributed by atoms with Crippen molar-refractivity contribution in [1.82, 2.24) is 29.3 Å². The number of aromatic nitrogens is 6. The zero-order chi connectivity index (χ0) is 25.0. The van der Waals surface area contributed by atoms with Gasteiger partial charge in [-0.05, 0) is 55.2 Å². The Morgan fingerprint density at radius 3 is 2.75 bits per heavy atom. The quantitative estimate of drug-likeness (QED) is 0.335. The average Bonchev–Trinajstić information content (AvgIpc) is 3.51. The number of hydrogen-bond acceptors (Lipinski definition) is 7. The topological polar surface area (TPSA) is 105 Å². The van der Waals surface area contributed by atoms with Gasteiger partial charge in [0.25, 0.3) is 5.56 Å². The molecule has 1 atom stereocenters. The Balaban J connectivity index is 1.54. The first-order valence-electron chi connectivity index (χ1n) is 12.1. The summed E-state index contributed by atoms with van der Waals surface area (Å²) in [5, 5.41) is 8.34. The fraction of sp³-hybridized carbons (Fsp3) is 0.296. The van der Waals surface area contributed by atoms with Crippen LogP contribution in [0, 0.1) is 19.8 Å². The summed E-state index contributed by atoms with van der Waals surface area (Å²) < 4.78 is 3.51. The van der Waals surface area contributed by atoms with Crippen molar-refractivity contribution in [3.8, 4) is 5.69 Å². The largest absolute Gasteiger partial charge is 0.383 e. The monoisotopic (exact) mass is 497 g/mol. The molecule has 4 heterocycles. The molecule has 8 nitrogen and oxygen atoms in total. The third-order valence-corrected chi connectivity index (χ3v) is 7.81. The molecule has 0 radical (unpaired) electrons. The first kappa shape index (κ1) is 22.6. The number of para-hydroxylation sites is 1. The molecule has 0 saturated heterocycles. The van der Waals surface area contributed by atoms with Crippen LogP contribution in [-0.4, -0.2) is 29.3 Å². The Morgan fingerprint density at radius 1 is 1.17 bits per heavy atom. The van der Waals surface area contributed by atoms with E-state index in [1.807, 2.05) is 43.5 Å². The number of anilines is 1. The molecule has 0 amide bonds. The molecule has 0 aliphatic heterocycles. The lowest BCUT2D eigenvalue weighted by Gasteiger charge is -2.15. The van der Waals surface area contributed by atoms with Crippen molar-refractivity contribution < 1.29 is 0 Å². The smallest absolute Gasteiger partial charge is 0.267 e. The number of rotatable bonds is 6.